The van der Waals surface area contributed by atoms with Gasteiger partial charge in [0.25, 0.3) is 0 Å². The standard InChI is InChI=1S/C13H21FN2/c1-4-16(3)9-8-15-10-12-7-5-6-11(2)13(12)14/h5-7,15H,4,8-10H2,1-3H3. The minimum atomic E-state index is -0.0844. The molecule has 0 aliphatic carbocycles. The van der Waals surface area contributed by atoms with Crippen LogP contribution in [0.3, 0.4) is 0 Å². The Labute approximate surface area is 97.5 Å². The zero-order valence-electron chi connectivity index (χ0n) is 10.4. The van der Waals surface area contributed by atoms with Crippen LogP contribution in [0, 0.1) is 12.7 Å². The summed E-state index contributed by atoms with van der Waals surface area (Å²) in [5, 5.41) is 3.25. The van der Waals surface area contributed by atoms with Crippen molar-refractivity contribution < 1.29 is 4.39 Å². The van der Waals surface area contributed by atoms with Crippen LogP contribution in [0.1, 0.15) is 18.1 Å². The van der Waals surface area contributed by atoms with E-state index in [2.05, 4.69) is 24.2 Å². The number of nitrogens with zero attached hydrogens (tertiary/aromatic N) is 1. The van der Waals surface area contributed by atoms with Crippen molar-refractivity contribution >= 4 is 0 Å². The van der Waals surface area contributed by atoms with Crippen molar-refractivity contribution in [1.82, 2.24) is 10.2 Å². The molecule has 2 nitrogen and oxygen atoms in total. The van der Waals surface area contributed by atoms with E-state index in [0.717, 1.165) is 25.2 Å². The third-order valence-corrected chi connectivity index (χ3v) is 2.80. The molecule has 1 rings (SSSR count). The van der Waals surface area contributed by atoms with Gasteiger partial charge >= 0.3 is 0 Å². The molecule has 0 radical (unpaired) electrons. The molecule has 0 saturated carbocycles. The maximum Gasteiger partial charge on any atom is 0.130 e. The normalized spacial score (nSPS) is 11.1. The molecule has 0 aliphatic heterocycles. The summed E-state index contributed by atoms with van der Waals surface area (Å²) in [4.78, 5) is 2.22. The van der Waals surface area contributed by atoms with Gasteiger partial charge in [0.1, 0.15) is 5.82 Å². The topological polar surface area (TPSA) is 15.3 Å². The average Bonchev–Trinajstić information content (AvgIpc) is 2.29. The molecule has 0 unspecified atom stereocenters. The van der Waals surface area contributed by atoms with E-state index in [0.29, 0.717) is 12.1 Å². The van der Waals surface area contributed by atoms with Gasteiger partial charge in [-0.05, 0) is 26.1 Å². The summed E-state index contributed by atoms with van der Waals surface area (Å²) in [5.41, 5.74) is 1.46. The van der Waals surface area contributed by atoms with Crippen LogP contribution < -0.4 is 5.32 Å². The van der Waals surface area contributed by atoms with Crippen molar-refractivity contribution in [3.63, 3.8) is 0 Å². The van der Waals surface area contributed by atoms with Crippen LogP contribution in [0.25, 0.3) is 0 Å². The highest BCUT2D eigenvalue weighted by atomic mass is 19.1. The molecule has 16 heavy (non-hydrogen) atoms. The number of hydrogen-bond donors (Lipinski definition) is 1. The molecule has 0 aliphatic rings. The molecule has 0 fully saturated rings. The van der Waals surface area contributed by atoms with Crippen molar-refractivity contribution in [1.29, 1.82) is 0 Å². The number of nitrogens with one attached hydrogen (secondary N) is 1. The van der Waals surface area contributed by atoms with E-state index in [1.807, 2.05) is 12.1 Å². The quantitative estimate of drug-likeness (QED) is 0.745. The lowest BCUT2D eigenvalue weighted by Crippen LogP contribution is -2.29. The molecule has 0 saturated heterocycles. The summed E-state index contributed by atoms with van der Waals surface area (Å²) < 4.78 is 13.6. The van der Waals surface area contributed by atoms with Crippen LogP contribution in [-0.2, 0) is 6.54 Å². The molecule has 0 aromatic heterocycles. The number of aryl methyl sites for hydroxylation is 1. The fourth-order valence-corrected chi connectivity index (χ4v) is 1.50. The van der Waals surface area contributed by atoms with Crippen LogP contribution >= 0.6 is 0 Å². The monoisotopic (exact) mass is 224 g/mol. The Morgan fingerprint density at radius 2 is 2.12 bits per heavy atom. The van der Waals surface area contributed by atoms with Crippen LogP contribution in [0.15, 0.2) is 18.2 Å². The minimum Gasteiger partial charge on any atom is -0.311 e. The largest absolute Gasteiger partial charge is 0.311 e. The molecular weight excluding hydrogens is 203 g/mol. The van der Waals surface area contributed by atoms with Crippen molar-refractivity contribution in [3.05, 3.63) is 35.1 Å². The van der Waals surface area contributed by atoms with E-state index in [1.54, 1.807) is 13.0 Å². The zero-order valence-corrected chi connectivity index (χ0v) is 10.4. The summed E-state index contributed by atoms with van der Waals surface area (Å²) in [6.45, 7) is 7.44. The highest BCUT2D eigenvalue weighted by molar-refractivity contribution is 5.24. The molecule has 0 heterocycles. The fraction of sp³-hybridized carbons (Fsp3) is 0.538. The first-order chi connectivity index (χ1) is 7.65. The smallest absolute Gasteiger partial charge is 0.130 e. The zero-order chi connectivity index (χ0) is 12.0. The van der Waals surface area contributed by atoms with E-state index < -0.39 is 0 Å². The summed E-state index contributed by atoms with van der Waals surface area (Å²) in [5.74, 6) is -0.0844. The van der Waals surface area contributed by atoms with Gasteiger partial charge in [0, 0.05) is 25.2 Å². The fourth-order valence-electron chi connectivity index (χ4n) is 1.50. The third-order valence-electron chi connectivity index (χ3n) is 2.80. The lowest BCUT2D eigenvalue weighted by molar-refractivity contribution is 0.348. The molecular formula is C13H21FN2. The highest BCUT2D eigenvalue weighted by Crippen LogP contribution is 2.11. The molecule has 0 atom stereocenters. The average molecular weight is 224 g/mol. The minimum absolute atomic E-state index is 0.0844. The van der Waals surface area contributed by atoms with Crippen LogP contribution in [-0.4, -0.2) is 31.6 Å². The first-order valence-electron chi connectivity index (χ1n) is 5.78. The molecule has 0 spiro atoms. The molecule has 0 amide bonds. The van der Waals surface area contributed by atoms with E-state index in [4.69, 9.17) is 0 Å². The Balaban J connectivity index is 2.35. The number of halogens is 1. The molecule has 1 N–H and O–H groups in total. The Hall–Kier alpha value is -0.930. The maximum atomic E-state index is 13.6. The van der Waals surface area contributed by atoms with E-state index in [-0.39, 0.29) is 5.82 Å². The van der Waals surface area contributed by atoms with Gasteiger partial charge in [-0.2, -0.15) is 0 Å². The second-order valence-electron chi connectivity index (χ2n) is 4.12. The van der Waals surface area contributed by atoms with Gasteiger partial charge < -0.3 is 10.2 Å². The molecule has 1 aromatic carbocycles. The Bertz CT molecular complexity index is 326. The number of likely N-dealkylation sites (N-methyl/N-ethyl adjacent to an activating group) is 1. The predicted octanol–water partition coefficient (Wildman–Crippen LogP) is 2.18. The van der Waals surface area contributed by atoms with Crippen molar-refractivity contribution in [3.8, 4) is 0 Å². The predicted molar refractivity (Wildman–Crippen MR) is 66.0 cm³/mol. The van der Waals surface area contributed by atoms with Crippen molar-refractivity contribution in [2.45, 2.75) is 20.4 Å². The third kappa shape index (κ3) is 3.91. The summed E-state index contributed by atoms with van der Waals surface area (Å²) in [6, 6.07) is 5.52. The van der Waals surface area contributed by atoms with Crippen LogP contribution in [0.4, 0.5) is 4.39 Å². The van der Waals surface area contributed by atoms with Crippen LogP contribution in [0.2, 0.25) is 0 Å². The maximum absolute atomic E-state index is 13.6. The first kappa shape index (κ1) is 13.1. The Morgan fingerprint density at radius 1 is 1.38 bits per heavy atom. The van der Waals surface area contributed by atoms with Gasteiger partial charge in [-0.15, -0.1) is 0 Å². The number of hydrogen-bond acceptors (Lipinski definition) is 2. The molecule has 3 heteroatoms. The molecule has 0 bridgehead atoms. The molecule has 90 valence electrons. The van der Waals surface area contributed by atoms with Gasteiger partial charge in [-0.3, -0.25) is 0 Å². The molecule has 1 aromatic rings. The van der Waals surface area contributed by atoms with Gasteiger partial charge in [0.15, 0.2) is 0 Å². The highest BCUT2D eigenvalue weighted by Gasteiger charge is 2.03. The van der Waals surface area contributed by atoms with Gasteiger partial charge in [-0.25, -0.2) is 4.39 Å². The lowest BCUT2D eigenvalue weighted by Gasteiger charge is -2.14. The Morgan fingerprint density at radius 3 is 2.81 bits per heavy atom. The van der Waals surface area contributed by atoms with E-state index >= 15 is 0 Å². The second kappa shape index (κ2) is 6.61. The van der Waals surface area contributed by atoms with E-state index in [9.17, 15) is 4.39 Å². The summed E-state index contributed by atoms with van der Waals surface area (Å²) >= 11 is 0. The van der Waals surface area contributed by atoms with Gasteiger partial charge in [0.05, 0.1) is 0 Å². The number of benzene rings is 1. The van der Waals surface area contributed by atoms with Crippen LogP contribution in [0.5, 0.6) is 0 Å². The van der Waals surface area contributed by atoms with E-state index in [1.165, 1.54) is 0 Å². The second-order valence-corrected chi connectivity index (χ2v) is 4.12. The lowest BCUT2D eigenvalue weighted by atomic mass is 10.1. The van der Waals surface area contributed by atoms with Gasteiger partial charge in [-0.1, -0.05) is 25.1 Å². The summed E-state index contributed by atoms with van der Waals surface area (Å²) in [7, 11) is 2.08. The Kier molecular flexibility index (Phi) is 5.43. The first-order valence-corrected chi connectivity index (χ1v) is 5.78. The van der Waals surface area contributed by atoms with Gasteiger partial charge in [0.2, 0.25) is 0 Å². The SMILES string of the molecule is CCN(C)CCNCc1cccc(C)c1F. The van der Waals surface area contributed by atoms with Crippen molar-refractivity contribution in [2.75, 3.05) is 26.7 Å². The number of rotatable bonds is 6. The summed E-state index contributed by atoms with van der Waals surface area (Å²) in [6.07, 6.45) is 0. The van der Waals surface area contributed by atoms with Crippen molar-refractivity contribution in [2.24, 2.45) is 0 Å².